The smallest absolute Gasteiger partial charge is 0.227 e. The molecule has 0 saturated heterocycles. The molecule has 4 rings (SSSR count). The molecule has 1 heterocycles. The van der Waals surface area contributed by atoms with Crippen LogP contribution in [-0.4, -0.2) is 22.7 Å². The van der Waals surface area contributed by atoms with Gasteiger partial charge in [0.15, 0.2) is 0 Å². The number of para-hydroxylation sites is 1. The standard InChI is InChI=1S/C24H25N5/c1-3-16-9-7-8-12-20(16)28-24-27-15-18-13-14-19(25)21(23(18)29-24)22(26-2)17-10-5-4-6-11-17/h4-12,15,25-26H,3,13-14H2,1-2H3,(H,27,28,29)/b22-21+,25-19?. The van der Waals surface area contributed by atoms with Crippen molar-refractivity contribution in [2.45, 2.75) is 26.2 Å². The second-order valence-electron chi connectivity index (χ2n) is 7.05. The Kier molecular flexibility index (Phi) is 5.38. The van der Waals surface area contributed by atoms with E-state index in [4.69, 9.17) is 10.4 Å². The molecule has 0 amide bonds. The van der Waals surface area contributed by atoms with E-state index in [2.05, 4.69) is 40.7 Å². The fourth-order valence-corrected chi connectivity index (χ4v) is 3.75. The molecule has 0 saturated carbocycles. The first-order valence-electron chi connectivity index (χ1n) is 9.97. The minimum atomic E-state index is 0.556. The van der Waals surface area contributed by atoms with Gasteiger partial charge in [-0.25, -0.2) is 9.97 Å². The van der Waals surface area contributed by atoms with Crippen LogP contribution in [0.15, 0.2) is 60.8 Å². The molecular weight excluding hydrogens is 358 g/mol. The van der Waals surface area contributed by atoms with E-state index in [1.165, 1.54) is 5.56 Å². The summed E-state index contributed by atoms with van der Waals surface area (Å²) in [7, 11) is 1.90. The van der Waals surface area contributed by atoms with E-state index in [1.54, 1.807) is 0 Å². The fourth-order valence-electron chi connectivity index (χ4n) is 3.75. The molecule has 0 fully saturated rings. The van der Waals surface area contributed by atoms with Gasteiger partial charge in [0, 0.05) is 30.2 Å². The maximum atomic E-state index is 8.64. The largest absolute Gasteiger partial charge is 0.387 e. The summed E-state index contributed by atoms with van der Waals surface area (Å²) in [6.45, 7) is 2.13. The normalized spacial score (nSPS) is 14.9. The van der Waals surface area contributed by atoms with Crippen molar-refractivity contribution in [3.63, 3.8) is 0 Å². The monoisotopic (exact) mass is 383 g/mol. The summed E-state index contributed by atoms with van der Waals surface area (Å²) in [5.41, 5.74) is 7.58. The highest BCUT2D eigenvalue weighted by Gasteiger charge is 2.25. The number of rotatable bonds is 5. The first kappa shape index (κ1) is 18.9. The Labute approximate surface area is 171 Å². The Morgan fingerprint density at radius 2 is 1.79 bits per heavy atom. The van der Waals surface area contributed by atoms with Gasteiger partial charge in [0.25, 0.3) is 0 Å². The lowest BCUT2D eigenvalue weighted by Gasteiger charge is -2.23. The van der Waals surface area contributed by atoms with Gasteiger partial charge < -0.3 is 16.0 Å². The van der Waals surface area contributed by atoms with Crippen LogP contribution in [0, 0.1) is 5.41 Å². The van der Waals surface area contributed by atoms with Crippen LogP contribution in [0.2, 0.25) is 0 Å². The maximum absolute atomic E-state index is 8.64. The van der Waals surface area contributed by atoms with Gasteiger partial charge in [-0.15, -0.1) is 0 Å². The van der Waals surface area contributed by atoms with Crippen LogP contribution >= 0.6 is 0 Å². The lowest BCUT2D eigenvalue weighted by atomic mass is 9.87. The third-order valence-corrected chi connectivity index (χ3v) is 5.25. The van der Waals surface area contributed by atoms with Gasteiger partial charge in [-0.1, -0.05) is 55.5 Å². The number of fused-ring (bicyclic) bond motifs is 1. The Hall–Kier alpha value is -3.47. The van der Waals surface area contributed by atoms with Gasteiger partial charge in [-0.2, -0.15) is 0 Å². The summed E-state index contributed by atoms with van der Waals surface area (Å²) < 4.78 is 0. The van der Waals surface area contributed by atoms with Crippen molar-refractivity contribution >= 4 is 28.6 Å². The van der Waals surface area contributed by atoms with Gasteiger partial charge in [0.1, 0.15) is 0 Å². The van der Waals surface area contributed by atoms with Crippen molar-refractivity contribution < 1.29 is 0 Å². The van der Waals surface area contributed by atoms with Crippen molar-refractivity contribution in [2.75, 3.05) is 12.4 Å². The second-order valence-corrected chi connectivity index (χ2v) is 7.05. The average molecular weight is 383 g/mol. The zero-order chi connectivity index (χ0) is 20.2. The number of allylic oxidation sites excluding steroid dienone is 1. The van der Waals surface area contributed by atoms with E-state index in [-0.39, 0.29) is 0 Å². The van der Waals surface area contributed by atoms with Crippen molar-refractivity contribution in [3.8, 4) is 0 Å². The van der Waals surface area contributed by atoms with Gasteiger partial charge in [0.05, 0.1) is 11.4 Å². The van der Waals surface area contributed by atoms with Crippen LogP contribution in [0.4, 0.5) is 11.6 Å². The minimum absolute atomic E-state index is 0.556. The van der Waals surface area contributed by atoms with Gasteiger partial charge in [0.2, 0.25) is 5.95 Å². The number of benzene rings is 2. The zero-order valence-electron chi connectivity index (χ0n) is 16.8. The van der Waals surface area contributed by atoms with Crippen molar-refractivity contribution in [3.05, 3.63) is 83.2 Å². The van der Waals surface area contributed by atoms with Crippen LogP contribution in [0.25, 0.3) is 11.3 Å². The topological polar surface area (TPSA) is 73.7 Å². The molecule has 1 aliphatic carbocycles. The molecule has 0 bridgehead atoms. The summed E-state index contributed by atoms with van der Waals surface area (Å²) in [6.07, 6.45) is 4.30. The third-order valence-electron chi connectivity index (χ3n) is 5.25. The van der Waals surface area contributed by atoms with Gasteiger partial charge >= 0.3 is 0 Å². The molecule has 0 unspecified atom stereocenters. The first-order valence-corrected chi connectivity index (χ1v) is 9.97. The number of hydrogen-bond donors (Lipinski definition) is 3. The molecule has 3 N–H and O–H groups in total. The van der Waals surface area contributed by atoms with E-state index in [1.807, 2.05) is 49.6 Å². The van der Waals surface area contributed by atoms with E-state index >= 15 is 0 Å². The van der Waals surface area contributed by atoms with Crippen LogP contribution in [-0.2, 0) is 12.8 Å². The number of nitrogens with zero attached hydrogens (tertiary/aromatic N) is 2. The quantitative estimate of drug-likeness (QED) is 0.590. The molecule has 146 valence electrons. The molecule has 0 aliphatic heterocycles. The summed E-state index contributed by atoms with van der Waals surface area (Å²) in [5.74, 6) is 0.556. The zero-order valence-corrected chi connectivity index (χ0v) is 16.8. The Balaban J connectivity index is 1.81. The molecule has 2 aromatic carbocycles. The van der Waals surface area contributed by atoms with Gasteiger partial charge in [-0.05, 0) is 42.0 Å². The summed E-state index contributed by atoms with van der Waals surface area (Å²) in [5, 5.41) is 15.3. The van der Waals surface area contributed by atoms with Crippen molar-refractivity contribution in [1.29, 1.82) is 5.41 Å². The Morgan fingerprint density at radius 3 is 2.55 bits per heavy atom. The number of aryl methyl sites for hydroxylation is 2. The summed E-state index contributed by atoms with van der Waals surface area (Å²) in [6, 6.07) is 18.3. The van der Waals surface area contributed by atoms with E-state index < -0.39 is 0 Å². The number of anilines is 2. The number of aromatic nitrogens is 2. The predicted molar refractivity (Wildman–Crippen MR) is 119 cm³/mol. The number of hydrogen-bond acceptors (Lipinski definition) is 5. The van der Waals surface area contributed by atoms with E-state index in [0.29, 0.717) is 18.1 Å². The Morgan fingerprint density at radius 1 is 1.03 bits per heavy atom. The minimum Gasteiger partial charge on any atom is -0.387 e. The highest BCUT2D eigenvalue weighted by Crippen LogP contribution is 2.33. The van der Waals surface area contributed by atoms with Crippen LogP contribution in [0.1, 0.15) is 35.7 Å². The lowest BCUT2D eigenvalue weighted by molar-refractivity contribution is 0.954. The molecule has 0 spiro atoms. The Bertz CT molecular complexity index is 1070. The molecule has 1 aromatic heterocycles. The van der Waals surface area contributed by atoms with Crippen molar-refractivity contribution in [2.24, 2.45) is 0 Å². The van der Waals surface area contributed by atoms with Crippen molar-refractivity contribution in [1.82, 2.24) is 15.3 Å². The molecule has 5 heteroatoms. The van der Waals surface area contributed by atoms with Gasteiger partial charge in [-0.3, -0.25) is 0 Å². The van der Waals surface area contributed by atoms with Crippen LogP contribution in [0.5, 0.6) is 0 Å². The average Bonchev–Trinajstić information content (AvgIpc) is 2.77. The lowest BCUT2D eigenvalue weighted by Crippen LogP contribution is -2.20. The predicted octanol–water partition coefficient (Wildman–Crippen LogP) is 4.84. The molecule has 0 radical (unpaired) electrons. The second kappa shape index (κ2) is 8.27. The molecule has 3 aromatic rings. The molecule has 0 atom stereocenters. The molecular formula is C24H25N5. The molecule has 29 heavy (non-hydrogen) atoms. The SMILES string of the molecule is CCc1ccccc1Nc1ncc2c(n1)/C(=C(/NC)c1ccccc1)C(=N)CC2. The molecule has 1 aliphatic rings. The summed E-state index contributed by atoms with van der Waals surface area (Å²) >= 11 is 0. The highest BCUT2D eigenvalue weighted by atomic mass is 15.1. The third kappa shape index (κ3) is 3.76. The number of nitrogens with one attached hydrogen (secondary N) is 3. The first-order chi connectivity index (χ1) is 14.2. The molecule has 5 nitrogen and oxygen atoms in total. The maximum Gasteiger partial charge on any atom is 0.227 e. The van der Waals surface area contributed by atoms with E-state index in [0.717, 1.165) is 46.6 Å². The highest BCUT2D eigenvalue weighted by molar-refractivity contribution is 6.29. The van der Waals surface area contributed by atoms with Crippen LogP contribution in [0.3, 0.4) is 0 Å². The fraction of sp³-hybridized carbons (Fsp3) is 0.208. The summed E-state index contributed by atoms with van der Waals surface area (Å²) in [4.78, 5) is 9.39. The van der Waals surface area contributed by atoms with E-state index in [9.17, 15) is 0 Å². The van der Waals surface area contributed by atoms with Crippen LogP contribution < -0.4 is 10.6 Å².